The maximum absolute atomic E-state index is 8.77. The topological polar surface area (TPSA) is 58.3 Å². The van der Waals surface area contributed by atoms with Crippen molar-refractivity contribution in [2.45, 2.75) is 20.3 Å². The van der Waals surface area contributed by atoms with Crippen molar-refractivity contribution < 1.29 is 5.11 Å². The summed E-state index contributed by atoms with van der Waals surface area (Å²) >= 11 is 0. The minimum absolute atomic E-state index is 0.249. The molecule has 1 rings (SSSR count). The van der Waals surface area contributed by atoms with Gasteiger partial charge in [-0.3, -0.25) is 0 Å². The molecule has 0 radical (unpaired) electrons. The van der Waals surface area contributed by atoms with Crippen molar-refractivity contribution in [2.75, 3.05) is 24.2 Å². The Hall–Kier alpha value is -1.22. The number of nitrogens with two attached hydrogens (primary N) is 1. The number of aliphatic hydroxyl groups is 1. The minimum Gasteiger partial charge on any atom is -0.399 e. The number of hydrogen-bond acceptors (Lipinski definition) is 3. The monoisotopic (exact) mass is 208 g/mol. The quantitative estimate of drug-likeness (QED) is 0.649. The number of aliphatic hydroxyl groups excluding tert-OH is 1. The van der Waals surface area contributed by atoms with Gasteiger partial charge in [-0.2, -0.15) is 0 Å². The molecule has 0 aliphatic carbocycles. The summed E-state index contributed by atoms with van der Waals surface area (Å²) in [7, 11) is 0. The number of benzene rings is 1. The summed E-state index contributed by atoms with van der Waals surface area (Å²) in [5, 5.41) is 12.1. The molecule has 0 amide bonds. The van der Waals surface area contributed by atoms with Gasteiger partial charge in [0.25, 0.3) is 0 Å². The van der Waals surface area contributed by atoms with E-state index in [9.17, 15) is 0 Å². The largest absolute Gasteiger partial charge is 0.399 e. The lowest BCUT2D eigenvalue weighted by molar-refractivity contribution is 0.266. The van der Waals surface area contributed by atoms with Crippen molar-refractivity contribution in [2.24, 2.45) is 5.92 Å². The van der Waals surface area contributed by atoms with Gasteiger partial charge in [0.2, 0.25) is 0 Å². The van der Waals surface area contributed by atoms with Gasteiger partial charge < -0.3 is 16.2 Å². The van der Waals surface area contributed by atoms with Crippen molar-refractivity contribution in [3.63, 3.8) is 0 Å². The van der Waals surface area contributed by atoms with Gasteiger partial charge >= 0.3 is 0 Å². The van der Waals surface area contributed by atoms with Crippen LogP contribution in [0.2, 0.25) is 0 Å². The summed E-state index contributed by atoms with van der Waals surface area (Å²) in [6.45, 7) is 5.25. The molecule has 3 heteroatoms. The second-order valence-electron chi connectivity index (χ2n) is 4.13. The third-order valence-corrected chi connectivity index (χ3v) is 2.38. The molecule has 1 aromatic rings. The van der Waals surface area contributed by atoms with Gasteiger partial charge in [-0.1, -0.05) is 6.92 Å². The molecule has 15 heavy (non-hydrogen) atoms. The van der Waals surface area contributed by atoms with E-state index in [0.29, 0.717) is 5.92 Å². The second kappa shape index (κ2) is 5.61. The van der Waals surface area contributed by atoms with E-state index in [-0.39, 0.29) is 6.61 Å². The summed E-state index contributed by atoms with van der Waals surface area (Å²) < 4.78 is 0. The molecule has 1 aromatic carbocycles. The van der Waals surface area contributed by atoms with Crippen LogP contribution in [-0.4, -0.2) is 18.3 Å². The van der Waals surface area contributed by atoms with Crippen LogP contribution in [0.1, 0.15) is 18.9 Å². The fraction of sp³-hybridized carbons (Fsp3) is 0.500. The fourth-order valence-corrected chi connectivity index (χ4v) is 1.53. The highest BCUT2D eigenvalue weighted by molar-refractivity contribution is 5.56. The summed E-state index contributed by atoms with van der Waals surface area (Å²) in [5.41, 5.74) is 8.74. The Morgan fingerprint density at radius 2 is 2.13 bits per heavy atom. The third kappa shape index (κ3) is 4.21. The lowest BCUT2D eigenvalue weighted by Gasteiger charge is -2.13. The minimum atomic E-state index is 0.249. The Labute approximate surface area is 91.3 Å². The maximum atomic E-state index is 8.77. The second-order valence-corrected chi connectivity index (χ2v) is 4.13. The van der Waals surface area contributed by atoms with Gasteiger partial charge in [-0.25, -0.2) is 0 Å². The Morgan fingerprint density at radius 3 is 2.73 bits per heavy atom. The van der Waals surface area contributed by atoms with Gasteiger partial charge in [-0.15, -0.1) is 0 Å². The van der Waals surface area contributed by atoms with Crippen LogP contribution in [0, 0.1) is 12.8 Å². The molecule has 0 aromatic heterocycles. The highest BCUT2D eigenvalue weighted by Gasteiger charge is 2.01. The van der Waals surface area contributed by atoms with Crippen molar-refractivity contribution in [1.29, 1.82) is 0 Å². The predicted molar refractivity (Wildman–Crippen MR) is 64.9 cm³/mol. The highest BCUT2D eigenvalue weighted by atomic mass is 16.3. The Kier molecular flexibility index (Phi) is 4.43. The first-order valence-electron chi connectivity index (χ1n) is 5.33. The Bertz CT molecular complexity index is 292. The zero-order chi connectivity index (χ0) is 11.3. The van der Waals surface area contributed by atoms with E-state index in [1.165, 1.54) is 0 Å². The van der Waals surface area contributed by atoms with Crippen molar-refractivity contribution in [1.82, 2.24) is 0 Å². The van der Waals surface area contributed by atoms with Crippen LogP contribution in [0.25, 0.3) is 0 Å². The van der Waals surface area contributed by atoms with Gasteiger partial charge in [0.1, 0.15) is 0 Å². The first kappa shape index (κ1) is 11.9. The first-order valence-corrected chi connectivity index (χ1v) is 5.33. The molecular weight excluding hydrogens is 188 g/mol. The van der Waals surface area contributed by atoms with Crippen LogP contribution in [0.5, 0.6) is 0 Å². The highest BCUT2D eigenvalue weighted by Crippen LogP contribution is 2.16. The van der Waals surface area contributed by atoms with Crippen LogP contribution in [0.3, 0.4) is 0 Å². The molecule has 0 aliphatic heterocycles. The molecule has 1 unspecified atom stereocenters. The molecule has 0 aliphatic rings. The number of anilines is 2. The molecule has 0 bridgehead atoms. The molecule has 0 saturated heterocycles. The number of nitrogens with one attached hydrogen (secondary N) is 1. The first-order chi connectivity index (χ1) is 7.11. The van der Waals surface area contributed by atoms with E-state index in [2.05, 4.69) is 18.3 Å². The van der Waals surface area contributed by atoms with E-state index in [4.69, 9.17) is 10.8 Å². The lowest BCUT2D eigenvalue weighted by atomic mass is 10.1. The Balaban J connectivity index is 2.50. The van der Waals surface area contributed by atoms with Crippen LogP contribution < -0.4 is 11.1 Å². The van der Waals surface area contributed by atoms with E-state index >= 15 is 0 Å². The predicted octanol–water partition coefficient (Wildman–Crippen LogP) is 2.01. The standard InChI is InChI=1S/C12H20N2O/c1-9(3-4-15)8-14-12-6-10(2)5-11(13)7-12/h5-7,9,14-15H,3-4,8,13H2,1-2H3. The van der Waals surface area contributed by atoms with Gasteiger partial charge in [0.05, 0.1) is 0 Å². The number of rotatable bonds is 5. The number of nitrogen functional groups attached to an aromatic ring is 1. The van der Waals surface area contributed by atoms with Gasteiger partial charge in [0.15, 0.2) is 0 Å². The van der Waals surface area contributed by atoms with E-state index < -0.39 is 0 Å². The molecule has 0 fully saturated rings. The molecule has 0 heterocycles. The third-order valence-electron chi connectivity index (χ3n) is 2.38. The van der Waals surface area contributed by atoms with Crippen molar-refractivity contribution in [3.05, 3.63) is 23.8 Å². The lowest BCUT2D eigenvalue weighted by Crippen LogP contribution is -2.12. The molecule has 84 valence electrons. The van der Waals surface area contributed by atoms with Gasteiger partial charge in [-0.05, 0) is 43.0 Å². The molecule has 4 N–H and O–H groups in total. The normalized spacial score (nSPS) is 12.5. The zero-order valence-corrected chi connectivity index (χ0v) is 9.46. The summed E-state index contributed by atoms with van der Waals surface area (Å²) in [6.07, 6.45) is 0.828. The smallest absolute Gasteiger partial charge is 0.0434 e. The number of hydrogen-bond donors (Lipinski definition) is 3. The van der Waals surface area contributed by atoms with Crippen LogP contribution >= 0.6 is 0 Å². The zero-order valence-electron chi connectivity index (χ0n) is 9.46. The fourth-order valence-electron chi connectivity index (χ4n) is 1.53. The SMILES string of the molecule is Cc1cc(N)cc(NCC(C)CCO)c1. The van der Waals surface area contributed by atoms with Crippen LogP contribution in [-0.2, 0) is 0 Å². The van der Waals surface area contributed by atoms with Crippen LogP contribution in [0.15, 0.2) is 18.2 Å². The summed E-state index contributed by atoms with van der Waals surface area (Å²) in [4.78, 5) is 0. The molecule has 3 nitrogen and oxygen atoms in total. The average Bonchev–Trinajstić information content (AvgIpc) is 2.14. The average molecular weight is 208 g/mol. The van der Waals surface area contributed by atoms with E-state index in [1.54, 1.807) is 0 Å². The Morgan fingerprint density at radius 1 is 1.40 bits per heavy atom. The molecule has 0 spiro atoms. The molecule has 0 saturated carbocycles. The van der Waals surface area contributed by atoms with E-state index in [1.807, 2.05) is 19.1 Å². The molecule has 1 atom stereocenters. The van der Waals surface area contributed by atoms with E-state index in [0.717, 1.165) is 29.9 Å². The molecular formula is C12H20N2O. The summed E-state index contributed by atoms with van der Waals surface area (Å²) in [5.74, 6) is 0.469. The van der Waals surface area contributed by atoms with Crippen molar-refractivity contribution >= 4 is 11.4 Å². The summed E-state index contributed by atoms with van der Waals surface area (Å²) in [6, 6.07) is 5.95. The maximum Gasteiger partial charge on any atom is 0.0434 e. The van der Waals surface area contributed by atoms with Gasteiger partial charge in [0, 0.05) is 24.5 Å². The van der Waals surface area contributed by atoms with Crippen LogP contribution in [0.4, 0.5) is 11.4 Å². The van der Waals surface area contributed by atoms with Crippen molar-refractivity contribution in [3.8, 4) is 0 Å². The number of aryl methyl sites for hydroxylation is 1.